The van der Waals surface area contributed by atoms with Crippen LogP contribution in [0.5, 0.6) is 0 Å². The van der Waals surface area contributed by atoms with Gasteiger partial charge in [-0.05, 0) is 67.9 Å². The second kappa shape index (κ2) is 8.18. The zero-order chi connectivity index (χ0) is 13.5. The molecule has 1 aliphatic rings. The van der Waals surface area contributed by atoms with Crippen LogP contribution in [0.2, 0.25) is 5.02 Å². The van der Waals surface area contributed by atoms with Crippen molar-refractivity contribution < 1.29 is 0 Å². The van der Waals surface area contributed by atoms with Crippen LogP contribution in [0.3, 0.4) is 0 Å². The topological polar surface area (TPSA) is 12.0 Å². The molecule has 1 fully saturated rings. The quantitative estimate of drug-likeness (QED) is 0.650. The largest absolute Gasteiger partial charge is 0.310 e. The molecule has 106 valence electrons. The molecule has 19 heavy (non-hydrogen) atoms. The zero-order valence-electron chi connectivity index (χ0n) is 11.7. The Hall–Kier alpha value is -0.180. The van der Waals surface area contributed by atoms with Gasteiger partial charge in [-0.25, -0.2) is 0 Å². The van der Waals surface area contributed by atoms with Crippen molar-refractivity contribution in [2.24, 2.45) is 5.92 Å². The maximum Gasteiger partial charge on any atom is 0.0406 e. The fraction of sp³-hybridized carbons (Fsp3) is 0.625. The minimum absolute atomic E-state index is 0.540. The summed E-state index contributed by atoms with van der Waals surface area (Å²) in [6.07, 6.45) is 8.89. The molecule has 0 heterocycles. The lowest BCUT2D eigenvalue weighted by Gasteiger charge is -2.19. The SMILES string of the molecule is CSCCCCCNC(c1ccc(Cl)cc1)C1CC1. The van der Waals surface area contributed by atoms with Crippen molar-refractivity contribution in [3.63, 3.8) is 0 Å². The summed E-state index contributed by atoms with van der Waals surface area (Å²) in [6, 6.07) is 8.90. The third kappa shape index (κ3) is 5.37. The molecular formula is C16H24ClNS. The van der Waals surface area contributed by atoms with Gasteiger partial charge in [0.05, 0.1) is 0 Å². The van der Waals surface area contributed by atoms with Crippen molar-refractivity contribution >= 4 is 23.4 Å². The third-order valence-electron chi connectivity index (χ3n) is 3.71. The van der Waals surface area contributed by atoms with E-state index in [9.17, 15) is 0 Å². The first-order valence-electron chi connectivity index (χ1n) is 7.29. The molecule has 0 aromatic heterocycles. The molecule has 1 atom stereocenters. The predicted octanol–water partition coefficient (Wildman–Crippen LogP) is 4.91. The highest BCUT2D eigenvalue weighted by Crippen LogP contribution is 2.41. The van der Waals surface area contributed by atoms with Crippen LogP contribution in [-0.2, 0) is 0 Å². The summed E-state index contributed by atoms with van der Waals surface area (Å²) < 4.78 is 0. The number of halogens is 1. The van der Waals surface area contributed by atoms with Gasteiger partial charge in [0.1, 0.15) is 0 Å². The molecule has 0 amide bonds. The maximum atomic E-state index is 5.96. The van der Waals surface area contributed by atoms with E-state index in [0.717, 1.165) is 17.5 Å². The first-order chi connectivity index (χ1) is 9.31. The van der Waals surface area contributed by atoms with Gasteiger partial charge in [-0.2, -0.15) is 11.8 Å². The summed E-state index contributed by atoms with van der Waals surface area (Å²) in [5, 5.41) is 4.57. The van der Waals surface area contributed by atoms with E-state index in [1.165, 1.54) is 43.4 Å². The number of benzene rings is 1. The van der Waals surface area contributed by atoms with E-state index < -0.39 is 0 Å². The first-order valence-corrected chi connectivity index (χ1v) is 9.06. The molecule has 0 spiro atoms. The molecule has 1 aromatic carbocycles. The van der Waals surface area contributed by atoms with E-state index in [1.807, 2.05) is 23.9 Å². The molecule has 0 radical (unpaired) electrons. The molecule has 1 N–H and O–H groups in total. The first kappa shape index (κ1) is 15.2. The number of nitrogens with one attached hydrogen (secondary N) is 1. The molecule has 2 rings (SSSR count). The summed E-state index contributed by atoms with van der Waals surface area (Å²) in [4.78, 5) is 0. The normalized spacial score (nSPS) is 16.5. The Balaban J connectivity index is 1.75. The van der Waals surface area contributed by atoms with Crippen LogP contribution in [0.15, 0.2) is 24.3 Å². The number of rotatable bonds is 9. The van der Waals surface area contributed by atoms with E-state index in [2.05, 4.69) is 23.7 Å². The summed E-state index contributed by atoms with van der Waals surface area (Å²) in [5.74, 6) is 2.14. The van der Waals surface area contributed by atoms with Crippen molar-refractivity contribution in [3.05, 3.63) is 34.9 Å². The summed E-state index contributed by atoms with van der Waals surface area (Å²) >= 11 is 7.91. The van der Waals surface area contributed by atoms with Crippen LogP contribution in [0, 0.1) is 5.92 Å². The van der Waals surface area contributed by atoms with Crippen molar-refractivity contribution in [2.45, 2.75) is 38.1 Å². The van der Waals surface area contributed by atoms with E-state index >= 15 is 0 Å². The van der Waals surface area contributed by atoms with Gasteiger partial charge in [0.2, 0.25) is 0 Å². The van der Waals surface area contributed by atoms with Crippen molar-refractivity contribution in [1.29, 1.82) is 0 Å². The van der Waals surface area contributed by atoms with Crippen LogP contribution in [0.25, 0.3) is 0 Å². The molecule has 0 aliphatic heterocycles. The van der Waals surface area contributed by atoms with Gasteiger partial charge in [-0.1, -0.05) is 30.2 Å². The lowest BCUT2D eigenvalue weighted by Crippen LogP contribution is -2.24. The summed E-state index contributed by atoms with van der Waals surface area (Å²) in [5.41, 5.74) is 1.40. The Morgan fingerprint density at radius 3 is 2.58 bits per heavy atom. The molecule has 0 saturated heterocycles. The number of thioether (sulfide) groups is 1. The van der Waals surface area contributed by atoms with E-state index in [-0.39, 0.29) is 0 Å². The van der Waals surface area contributed by atoms with Crippen molar-refractivity contribution in [1.82, 2.24) is 5.32 Å². The van der Waals surface area contributed by atoms with Crippen LogP contribution in [-0.4, -0.2) is 18.6 Å². The van der Waals surface area contributed by atoms with Gasteiger partial charge in [0.15, 0.2) is 0 Å². The smallest absolute Gasteiger partial charge is 0.0406 e. The zero-order valence-corrected chi connectivity index (χ0v) is 13.3. The Morgan fingerprint density at radius 2 is 1.95 bits per heavy atom. The fourth-order valence-electron chi connectivity index (χ4n) is 2.46. The van der Waals surface area contributed by atoms with Crippen LogP contribution in [0.1, 0.15) is 43.7 Å². The predicted molar refractivity (Wildman–Crippen MR) is 87.2 cm³/mol. The molecule has 1 aliphatic carbocycles. The van der Waals surface area contributed by atoms with Crippen LogP contribution >= 0.6 is 23.4 Å². The van der Waals surface area contributed by atoms with Gasteiger partial charge in [0.25, 0.3) is 0 Å². The third-order valence-corrected chi connectivity index (χ3v) is 4.66. The van der Waals surface area contributed by atoms with Crippen LogP contribution in [0.4, 0.5) is 0 Å². The van der Waals surface area contributed by atoms with Crippen molar-refractivity contribution in [3.8, 4) is 0 Å². The molecule has 1 nitrogen and oxygen atoms in total. The highest BCUT2D eigenvalue weighted by Gasteiger charge is 2.31. The van der Waals surface area contributed by atoms with Crippen LogP contribution < -0.4 is 5.32 Å². The van der Waals surface area contributed by atoms with Gasteiger partial charge in [-0.15, -0.1) is 0 Å². The molecule has 1 aromatic rings. The van der Waals surface area contributed by atoms with Gasteiger partial charge in [-0.3, -0.25) is 0 Å². The summed E-state index contributed by atoms with van der Waals surface area (Å²) in [7, 11) is 0. The van der Waals surface area contributed by atoms with Gasteiger partial charge < -0.3 is 5.32 Å². The van der Waals surface area contributed by atoms with E-state index in [1.54, 1.807) is 0 Å². The Bertz CT molecular complexity index is 362. The second-order valence-electron chi connectivity index (χ2n) is 5.37. The number of hydrogen-bond acceptors (Lipinski definition) is 2. The van der Waals surface area contributed by atoms with E-state index in [0.29, 0.717) is 6.04 Å². The monoisotopic (exact) mass is 297 g/mol. The Kier molecular flexibility index (Phi) is 6.55. The lowest BCUT2D eigenvalue weighted by atomic mass is 10.0. The molecule has 1 unspecified atom stereocenters. The second-order valence-corrected chi connectivity index (χ2v) is 6.80. The highest BCUT2D eigenvalue weighted by atomic mass is 35.5. The Morgan fingerprint density at radius 1 is 1.21 bits per heavy atom. The number of hydrogen-bond donors (Lipinski definition) is 1. The average Bonchev–Trinajstić information content (AvgIpc) is 3.24. The highest BCUT2D eigenvalue weighted by molar-refractivity contribution is 7.98. The standard InChI is InChI=1S/C16H24ClNS/c1-19-12-4-2-3-11-18-16(13-5-6-13)14-7-9-15(17)10-8-14/h7-10,13,16,18H,2-6,11-12H2,1H3. The molecule has 1 saturated carbocycles. The Labute approximate surface area is 126 Å². The minimum Gasteiger partial charge on any atom is -0.310 e. The fourth-order valence-corrected chi connectivity index (χ4v) is 3.08. The van der Waals surface area contributed by atoms with Crippen molar-refractivity contribution in [2.75, 3.05) is 18.6 Å². The molecule has 0 bridgehead atoms. The van der Waals surface area contributed by atoms with E-state index in [4.69, 9.17) is 11.6 Å². The summed E-state index contributed by atoms with van der Waals surface area (Å²) in [6.45, 7) is 1.14. The average molecular weight is 298 g/mol. The van der Waals surface area contributed by atoms with Gasteiger partial charge in [0, 0.05) is 11.1 Å². The number of unbranched alkanes of at least 4 members (excludes halogenated alkanes) is 2. The van der Waals surface area contributed by atoms with Gasteiger partial charge >= 0.3 is 0 Å². The lowest BCUT2D eigenvalue weighted by molar-refractivity contribution is 0.469. The molecular weight excluding hydrogens is 274 g/mol. The maximum absolute atomic E-state index is 5.96. The molecule has 3 heteroatoms. The minimum atomic E-state index is 0.540.